The van der Waals surface area contributed by atoms with Crippen LogP contribution in [0.25, 0.3) is 0 Å². The summed E-state index contributed by atoms with van der Waals surface area (Å²) in [6.45, 7) is 0. The van der Waals surface area contributed by atoms with Gasteiger partial charge in [-0.3, -0.25) is 0 Å². The molecule has 0 aromatic heterocycles. The van der Waals surface area contributed by atoms with E-state index in [1.54, 1.807) is 14.1 Å². The Balaban J connectivity index is 5.12. The van der Waals surface area contributed by atoms with E-state index < -0.39 is 15.8 Å². The molecule has 0 amide bonds. The van der Waals surface area contributed by atoms with Gasteiger partial charge < -0.3 is 9.64 Å². The predicted molar refractivity (Wildman–Crippen MR) is 48.6 cm³/mol. The van der Waals surface area contributed by atoms with Crippen LogP contribution >= 0.6 is 0 Å². The van der Waals surface area contributed by atoms with Crippen LogP contribution in [-0.4, -0.2) is 46.7 Å². The normalized spacial score (nSPS) is 12.5. The molecule has 6 heteroatoms. The highest BCUT2D eigenvalue weighted by molar-refractivity contribution is 7.95. The summed E-state index contributed by atoms with van der Waals surface area (Å²) in [5, 5.41) is 0. The number of nitrogens with zero attached hydrogens (tertiary/aromatic N) is 1. The lowest BCUT2D eigenvalue weighted by Crippen LogP contribution is -2.17. The molecule has 0 aromatic rings. The molecule has 0 bridgehead atoms. The number of ether oxygens (including phenoxy) is 1. The van der Waals surface area contributed by atoms with Crippen LogP contribution in [0.3, 0.4) is 0 Å². The van der Waals surface area contributed by atoms with Crippen molar-refractivity contribution in [3.05, 3.63) is 11.1 Å². The van der Waals surface area contributed by atoms with E-state index in [0.29, 0.717) is 0 Å². The minimum atomic E-state index is -3.53. The van der Waals surface area contributed by atoms with E-state index in [9.17, 15) is 13.2 Å². The Bertz CT molecular complexity index is 315. The molecular weight excluding hydrogens is 194 g/mol. The van der Waals surface area contributed by atoms with E-state index in [2.05, 4.69) is 4.74 Å². The Kier molecular flexibility index (Phi) is 3.93. The number of methoxy groups -OCH3 is 1. The minimum absolute atomic E-state index is 0.347. The lowest BCUT2D eigenvalue weighted by Gasteiger charge is -2.08. The maximum Gasteiger partial charge on any atom is 0.351 e. The van der Waals surface area contributed by atoms with Gasteiger partial charge in [0.2, 0.25) is 0 Å². The van der Waals surface area contributed by atoms with Gasteiger partial charge >= 0.3 is 5.97 Å². The number of esters is 1. The summed E-state index contributed by atoms with van der Waals surface area (Å²) in [6.07, 6.45) is 2.17. The van der Waals surface area contributed by atoms with Crippen LogP contribution < -0.4 is 0 Å². The zero-order valence-corrected chi connectivity index (χ0v) is 8.88. The SMILES string of the molecule is COC(=O)/C(=C\N(C)C)S(C)(=O)=O. The summed E-state index contributed by atoms with van der Waals surface area (Å²) in [5.74, 6) is -0.851. The van der Waals surface area contributed by atoms with Crippen LogP contribution in [0.15, 0.2) is 11.1 Å². The van der Waals surface area contributed by atoms with Crippen molar-refractivity contribution in [3.63, 3.8) is 0 Å². The van der Waals surface area contributed by atoms with Crippen molar-refractivity contribution in [2.75, 3.05) is 27.5 Å². The highest BCUT2D eigenvalue weighted by atomic mass is 32.2. The third-order valence-corrected chi connectivity index (χ3v) is 2.23. The lowest BCUT2D eigenvalue weighted by molar-refractivity contribution is -0.135. The van der Waals surface area contributed by atoms with Crippen LogP contribution in [0.1, 0.15) is 0 Å². The standard InChI is InChI=1S/C7H13NO4S/c1-8(2)5-6(7(9)12-3)13(4,10)11/h5H,1-4H3/b6-5+. The molecule has 0 aromatic carbocycles. The number of carbonyl (C=O) groups is 1. The molecule has 0 rings (SSSR count). The maximum absolute atomic E-state index is 11.1. The first kappa shape index (κ1) is 12.0. The van der Waals surface area contributed by atoms with Gasteiger partial charge in [0.1, 0.15) is 0 Å². The second kappa shape index (κ2) is 4.27. The lowest BCUT2D eigenvalue weighted by atomic mass is 10.6. The Hall–Kier alpha value is -1.04. The van der Waals surface area contributed by atoms with Gasteiger partial charge in [-0.1, -0.05) is 0 Å². The summed E-state index contributed by atoms with van der Waals surface area (Å²) in [5.41, 5.74) is 0. The third kappa shape index (κ3) is 3.93. The molecule has 0 saturated heterocycles. The van der Waals surface area contributed by atoms with Gasteiger partial charge in [-0.2, -0.15) is 0 Å². The first-order valence-electron chi connectivity index (χ1n) is 3.45. The highest BCUT2D eigenvalue weighted by Crippen LogP contribution is 2.06. The molecule has 0 aliphatic heterocycles. The second-order valence-corrected chi connectivity index (χ2v) is 4.70. The summed E-state index contributed by atoms with van der Waals surface area (Å²) in [7, 11) is 0.848. The van der Waals surface area contributed by atoms with Gasteiger partial charge in [-0.05, 0) is 0 Å². The summed E-state index contributed by atoms with van der Waals surface area (Å²) >= 11 is 0. The smallest absolute Gasteiger partial charge is 0.351 e. The first-order valence-corrected chi connectivity index (χ1v) is 5.34. The number of rotatable bonds is 3. The van der Waals surface area contributed by atoms with Crippen LogP contribution in [0.5, 0.6) is 0 Å². The number of sulfone groups is 1. The Morgan fingerprint density at radius 2 is 1.85 bits per heavy atom. The van der Waals surface area contributed by atoms with Crippen LogP contribution in [0.4, 0.5) is 0 Å². The summed E-state index contributed by atoms with van der Waals surface area (Å²) in [4.78, 5) is 12.1. The van der Waals surface area contributed by atoms with E-state index in [-0.39, 0.29) is 4.91 Å². The summed E-state index contributed by atoms with van der Waals surface area (Å²) < 4.78 is 26.5. The van der Waals surface area contributed by atoms with Crippen LogP contribution in [-0.2, 0) is 19.4 Å². The Morgan fingerprint density at radius 1 is 1.38 bits per heavy atom. The van der Waals surface area contributed by atoms with E-state index in [1.165, 1.54) is 11.1 Å². The topological polar surface area (TPSA) is 63.7 Å². The quantitative estimate of drug-likeness (QED) is 0.465. The number of hydrogen-bond donors (Lipinski definition) is 0. The minimum Gasteiger partial charge on any atom is -0.465 e. The van der Waals surface area contributed by atoms with Gasteiger partial charge in [-0.15, -0.1) is 0 Å². The van der Waals surface area contributed by atoms with Crippen molar-refractivity contribution in [2.24, 2.45) is 0 Å². The number of carbonyl (C=O) groups excluding carboxylic acids is 1. The molecule has 5 nitrogen and oxygen atoms in total. The van der Waals surface area contributed by atoms with Crippen molar-refractivity contribution >= 4 is 15.8 Å². The van der Waals surface area contributed by atoms with Crippen molar-refractivity contribution in [1.82, 2.24) is 4.90 Å². The predicted octanol–water partition coefficient (Wildman–Crippen LogP) is -0.393. The largest absolute Gasteiger partial charge is 0.465 e. The fourth-order valence-electron chi connectivity index (χ4n) is 0.635. The highest BCUT2D eigenvalue weighted by Gasteiger charge is 2.21. The van der Waals surface area contributed by atoms with E-state index >= 15 is 0 Å². The number of hydrogen-bond acceptors (Lipinski definition) is 5. The fourth-order valence-corrected chi connectivity index (χ4v) is 1.42. The van der Waals surface area contributed by atoms with Crippen molar-refractivity contribution in [1.29, 1.82) is 0 Å². The van der Waals surface area contributed by atoms with E-state index in [4.69, 9.17) is 0 Å². The molecule has 76 valence electrons. The average molecular weight is 207 g/mol. The second-order valence-electron chi connectivity index (χ2n) is 2.72. The zero-order chi connectivity index (χ0) is 10.6. The maximum atomic E-state index is 11.1. The van der Waals surface area contributed by atoms with Gasteiger partial charge in [0.05, 0.1) is 7.11 Å². The van der Waals surface area contributed by atoms with Crippen LogP contribution in [0, 0.1) is 0 Å². The van der Waals surface area contributed by atoms with Gasteiger partial charge in [0.25, 0.3) is 0 Å². The molecule has 0 N–H and O–H groups in total. The molecule has 0 saturated carbocycles. The molecule has 0 fully saturated rings. The van der Waals surface area contributed by atoms with Crippen LogP contribution in [0.2, 0.25) is 0 Å². The molecule has 0 heterocycles. The van der Waals surface area contributed by atoms with Crippen molar-refractivity contribution in [3.8, 4) is 0 Å². The zero-order valence-electron chi connectivity index (χ0n) is 8.07. The molecule has 0 radical (unpaired) electrons. The third-order valence-electron chi connectivity index (χ3n) is 1.16. The summed E-state index contributed by atoms with van der Waals surface area (Å²) in [6, 6.07) is 0. The Labute approximate surface area is 77.9 Å². The molecule has 0 atom stereocenters. The van der Waals surface area contributed by atoms with Gasteiger partial charge in [-0.25, -0.2) is 13.2 Å². The molecule has 0 aliphatic carbocycles. The van der Waals surface area contributed by atoms with Gasteiger partial charge in [0.15, 0.2) is 14.7 Å². The fraction of sp³-hybridized carbons (Fsp3) is 0.571. The van der Waals surface area contributed by atoms with E-state index in [1.807, 2.05) is 0 Å². The van der Waals surface area contributed by atoms with Crippen molar-refractivity contribution in [2.45, 2.75) is 0 Å². The molecule has 0 spiro atoms. The van der Waals surface area contributed by atoms with E-state index in [0.717, 1.165) is 13.4 Å². The first-order chi connectivity index (χ1) is 5.79. The molecule has 13 heavy (non-hydrogen) atoms. The van der Waals surface area contributed by atoms with Crippen molar-refractivity contribution < 1.29 is 17.9 Å². The molecule has 0 unspecified atom stereocenters. The molecular formula is C7H13NO4S. The van der Waals surface area contributed by atoms with Gasteiger partial charge in [0, 0.05) is 26.6 Å². The molecule has 0 aliphatic rings. The average Bonchev–Trinajstić information content (AvgIpc) is 1.96. The Morgan fingerprint density at radius 3 is 2.08 bits per heavy atom. The monoisotopic (exact) mass is 207 g/mol.